The van der Waals surface area contributed by atoms with E-state index < -0.39 is 0 Å². The van der Waals surface area contributed by atoms with Crippen LogP contribution in [0.15, 0.2) is 114 Å². The van der Waals surface area contributed by atoms with Crippen LogP contribution in [-0.2, 0) is 11.3 Å². The molecule has 0 aliphatic heterocycles. The van der Waals surface area contributed by atoms with Gasteiger partial charge in [-0.25, -0.2) is 0 Å². The number of anilines is 3. The van der Waals surface area contributed by atoms with Gasteiger partial charge >= 0.3 is 0 Å². The van der Waals surface area contributed by atoms with Crippen molar-refractivity contribution < 1.29 is 9.53 Å². The van der Waals surface area contributed by atoms with Gasteiger partial charge in [0.25, 0.3) is 0 Å². The Balaban J connectivity index is 1.18. The van der Waals surface area contributed by atoms with E-state index in [1.807, 2.05) is 42.5 Å². The number of ether oxygens (including phenoxy) is 1. The molecule has 6 rings (SSSR count). The molecule has 3 nitrogen and oxygen atoms in total. The molecule has 0 fully saturated rings. The van der Waals surface area contributed by atoms with Crippen LogP contribution < -0.4 is 4.90 Å². The highest BCUT2D eigenvalue weighted by molar-refractivity contribution is 7.24. The van der Waals surface area contributed by atoms with Gasteiger partial charge in [0.2, 0.25) is 0 Å². The topological polar surface area (TPSA) is 29.5 Å². The van der Waals surface area contributed by atoms with Crippen molar-refractivity contribution in [3.63, 3.8) is 0 Å². The quantitative estimate of drug-likeness (QED) is 0.133. The summed E-state index contributed by atoms with van der Waals surface area (Å²) in [4.78, 5) is 16.5. The van der Waals surface area contributed by atoms with Crippen LogP contribution in [0, 0.1) is 0 Å². The minimum atomic E-state index is 0.338. The molecule has 0 saturated heterocycles. The zero-order valence-electron chi connectivity index (χ0n) is 20.3. The molecule has 38 heavy (non-hydrogen) atoms. The summed E-state index contributed by atoms with van der Waals surface area (Å²) in [7, 11) is 0. The summed E-state index contributed by atoms with van der Waals surface area (Å²) in [5.41, 5.74) is 3.69. The van der Waals surface area contributed by atoms with E-state index in [-0.39, 0.29) is 0 Å². The summed E-state index contributed by atoms with van der Waals surface area (Å²) in [6.45, 7) is 0.338. The van der Waals surface area contributed by atoms with Crippen molar-refractivity contribution in [2.75, 3.05) is 4.90 Å². The first-order valence-corrected chi connectivity index (χ1v) is 14.7. The van der Waals surface area contributed by atoms with Gasteiger partial charge in [-0.3, -0.25) is 9.69 Å². The van der Waals surface area contributed by atoms with Crippen LogP contribution in [0.3, 0.4) is 0 Å². The molecular weight excluding hydrogens is 527 g/mol. The second-order valence-electron chi connectivity index (χ2n) is 8.62. The van der Waals surface area contributed by atoms with Crippen molar-refractivity contribution in [2.24, 2.45) is 0 Å². The Kier molecular flexibility index (Phi) is 7.18. The van der Waals surface area contributed by atoms with Crippen LogP contribution in [0.4, 0.5) is 15.7 Å². The molecule has 0 aliphatic carbocycles. The van der Waals surface area contributed by atoms with Gasteiger partial charge in [-0.2, -0.15) is 0 Å². The van der Waals surface area contributed by atoms with Gasteiger partial charge in [-0.15, -0.1) is 34.0 Å². The molecule has 0 amide bonds. The molecule has 0 aliphatic rings. The number of hydrogen-bond donors (Lipinski definition) is 0. The first-order chi connectivity index (χ1) is 18.8. The summed E-state index contributed by atoms with van der Waals surface area (Å²) in [5.74, 6) is 0. The van der Waals surface area contributed by atoms with Crippen molar-refractivity contribution in [3.8, 4) is 9.75 Å². The zero-order chi connectivity index (χ0) is 25.7. The van der Waals surface area contributed by atoms with Gasteiger partial charge in [0.05, 0.1) is 6.26 Å². The normalized spacial score (nSPS) is 11.3. The van der Waals surface area contributed by atoms with Crippen molar-refractivity contribution in [1.82, 2.24) is 0 Å². The Bertz CT molecular complexity index is 1680. The van der Waals surface area contributed by atoms with Gasteiger partial charge < -0.3 is 4.74 Å². The molecule has 3 heterocycles. The van der Waals surface area contributed by atoms with E-state index in [1.165, 1.54) is 19.8 Å². The molecule has 0 unspecified atom stereocenters. The van der Waals surface area contributed by atoms with Crippen LogP contribution >= 0.6 is 34.0 Å². The number of carbonyl (C=O) groups excluding carboxylic acids is 1. The lowest BCUT2D eigenvalue weighted by atomic mass is 10.0. The number of carbonyl (C=O) groups is 1. The molecule has 0 spiro atoms. The largest absolute Gasteiger partial charge is 0.496 e. The van der Waals surface area contributed by atoms with E-state index >= 15 is 0 Å². The fraction of sp³-hybridized carbons (Fsp3) is 0.0312. The van der Waals surface area contributed by atoms with E-state index in [1.54, 1.807) is 40.3 Å². The highest BCUT2D eigenvalue weighted by atomic mass is 32.1. The zero-order valence-corrected chi connectivity index (χ0v) is 22.8. The molecule has 6 heteroatoms. The number of benzene rings is 3. The minimum absolute atomic E-state index is 0.338. The van der Waals surface area contributed by atoms with Gasteiger partial charge in [-0.1, -0.05) is 42.5 Å². The molecule has 6 aromatic rings. The average molecular weight is 550 g/mol. The SMILES string of the molecule is O=Cc1cc2ccccc2cc1COC=Cc1ccc(N(c2cccs2)c2ccc(-c3cccs3)s2)cc1. The lowest BCUT2D eigenvalue weighted by Crippen LogP contribution is -2.06. The van der Waals surface area contributed by atoms with Gasteiger partial charge in [-0.05, 0) is 87.8 Å². The van der Waals surface area contributed by atoms with Crippen LogP contribution in [-0.4, -0.2) is 6.29 Å². The summed E-state index contributed by atoms with van der Waals surface area (Å²) < 4.78 is 5.81. The van der Waals surface area contributed by atoms with E-state index in [2.05, 4.69) is 76.3 Å². The van der Waals surface area contributed by atoms with Crippen LogP contribution in [0.1, 0.15) is 21.5 Å². The number of aldehydes is 1. The Hall–Kier alpha value is -3.97. The fourth-order valence-corrected chi connectivity index (χ4v) is 6.99. The monoisotopic (exact) mass is 549 g/mol. The summed E-state index contributed by atoms with van der Waals surface area (Å²) in [6.07, 6.45) is 4.53. The Morgan fingerprint density at radius 1 is 0.737 bits per heavy atom. The van der Waals surface area contributed by atoms with E-state index in [0.717, 1.165) is 33.9 Å². The van der Waals surface area contributed by atoms with Crippen molar-refractivity contribution in [1.29, 1.82) is 0 Å². The van der Waals surface area contributed by atoms with Crippen LogP contribution in [0.2, 0.25) is 0 Å². The van der Waals surface area contributed by atoms with Crippen molar-refractivity contribution >= 4 is 72.8 Å². The molecule has 186 valence electrons. The van der Waals surface area contributed by atoms with Gasteiger partial charge in [0.1, 0.15) is 22.9 Å². The molecule has 3 aromatic heterocycles. The molecule has 0 N–H and O–H groups in total. The molecule has 0 saturated carbocycles. The third kappa shape index (κ3) is 5.20. The van der Waals surface area contributed by atoms with Crippen molar-refractivity contribution in [3.05, 3.63) is 131 Å². The van der Waals surface area contributed by atoms with E-state index in [4.69, 9.17) is 4.74 Å². The van der Waals surface area contributed by atoms with Crippen LogP contribution in [0.25, 0.3) is 26.6 Å². The standard InChI is InChI=1S/C32H23NO2S3/c34-21-26-19-24-5-1-2-6-25(24)20-27(26)22-35-16-15-23-9-11-28(12-10-23)33(31-8-4-18-37-31)32-14-13-30(38-32)29-7-3-17-36-29/h1-21H,22H2. The van der Waals surface area contributed by atoms with E-state index in [9.17, 15) is 4.79 Å². The number of fused-ring (bicyclic) bond motifs is 1. The highest BCUT2D eigenvalue weighted by Gasteiger charge is 2.16. The number of thiophene rings is 3. The predicted octanol–water partition coefficient (Wildman–Crippen LogP) is 10.2. The maximum absolute atomic E-state index is 11.6. The molecular formula is C32H23NO2S3. The molecule has 0 atom stereocenters. The lowest BCUT2D eigenvalue weighted by molar-refractivity contribution is 0.112. The van der Waals surface area contributed by atoms with Gasteiger partial charge in [0, 0.05) is 26.6 Å². The number of nitrogens with zero attached hydrogens (tertiary/aromatic N) is 1. The lowest BCUT2D eigenvalue weighted by Gasteiger charge is -2.21. The second-order valence-corrected chi connectivity index (χ2v) is 11.6. The first-order valence-electron chi connectivity index (χ1n) is 12.1. The first kappa shape index (κ1) is 24.4. The maximum atomic E-state index is 11.6. The van der Waals surface area contributed by atoms with Crippen LogP contribution in [0.5, 0.6) is 0 Å². The van der Waals surface area contributed by atoms with E-state index in [0.29, 0.717) is 12.2 Å². The average Bonchev–Trinajstić information content (AvgIpc) is 3.75. The highest BCUT2D eigenvalue weighted by Crippen LogP contribution is 2.44. The number of hydrogen-bond acceptors (Lipinski definition) is 6. The van der Waals surface area contributed by atoms with Gasteiger partial charge in [0.15, 0.2) is 0 Å². The summed E-state index contributed by atoms with van der Waals surface area (Å²) in [5, 5.41) is 8.73. The second kappa shape index (κ2) is 11.2. The molecule has 0 radical (unpaired) electrons. The predicted molar refractivity (Wildman–Crippen MR) is 163 cm³/mol. The Morgan fingerprint density at radius 2 is 1.53 bits per heavy atom. The third-order valence-electron chi connectivity index (χ3n) is 6.18. The third-order valence-corrected chi connectivity index (χ3v) is 9.17. The number of rotatable bonds is 9. The Labute approximate surface area is 233 Å². The minimum Gasteiger partial charge on any atom is -0.496 e. The van der Waals surface area contributed by atoms with Crippen molar-refractivity contribution in [2.45, 2.75) is 6.61 Å². The maximum Gasteiger partial charge on any atom is 0.150 e. The summed E-state index contributed by atoms with van der Waals surface area (Å²) in [6, 6.07) is 33.3. The summed E-state index contributed by atoms with van der Waals surface area (Å²) >= 11 is 5.29. The molecule has 0 bridgehead atoms. The molecule has 3 aromatic carbocycles. The smallest absolute Gasteiger partial charge is 0.150 e. The Morgan fingerprint density at radius 3 is 2.26 bits per heavy atom. The fourth-order valence-electron chi connectivity index (χ4n) is 4.30.